The highest BCUT2D eigenvalue weighted by atomic mass is 16.5. The molecular formula is C17H32N2O2. The van der Waals surface area contributed by atoms with E-state index in [9.17, 15) is 4.79 Å². The molecule has 4 heteroatoms. The number of carbonyl (C=O) groups is 1. The number of rotatable bonds is 6. The van der Waals surface area contributed by atoms with Crippen molar-refractivity contribution in [1.82, 2.24) is 10.2 Å². The van der Waals surface area contributed by atoms with Crippen LogP contribution >= 0.6 is 0 Å². The van der Waals surface area contributed by atoms with Gasteiger partial charge in [0.2, 0.25) is 5.91 Å². The fraction of sp³-hybridized carbons (Fsp3) is 0.941. The Bertz CT molecular complexity index is 351. The summed E-state index contributed by atoms with van der Waals surface area (Å²) in [6.07, 6.45) is 5.44. The van der Waals surface area contributed by atoms with Crippen LogP contribution in [0.2, 0.25) is 0 Å². The molecule has 2 atom stereocenters. The molecule has 2 rings (SSSR count). The number of nitrogens with zero attached hydrogens (tertiary/aromatic N) is 1. The highest BCUT2D eigenvalue weighted by Crippen LogP contribution is 2.33. The molecule has 2 heterocycles. The van der Waals surface area contributed by atoms with E-state index in [-0.39, 0.29) is 17.6 Å². The first-order chi connectivity index (χ1) is 9.95. The molecule has 0 saturated carbocycles. The van der Waals surface area contributed by atoms with Gasteiger partial charge in [-0.1, -0.05) is 34.1 Å². The third-order valence-corrected chi connectivity index (χ3v) is 4.87. The van der Waals surface area contributed by atoms with Gasteiger partial charge in [-0.05, 0) is 37.0 Å². The van der Waals surface area contributed by atoms with E-state index >= 15 is 0 Å². The lowest BCUT2D eigenvalue weighted by Crippen LogP contribution is -2.45. The van der Waals surface area contributed by atoms with Crippen LogP contribution in [0.15, 0.2) is 0 Å². The number of carbonyl (C=O) groups excluding carboxylic acids is 1. The molecule has 0 aromatic heterocycles. The maximum Gasteiger partial charge on any atom is 0.241 e. The summed E-state index contributed by atoms with van der Waals surface area (Å²) >= 11 is 0. The Morgan fingerprint density at radius 3 is 2.62 bits per heavy atom. The maximum atomic E-state index is 12.8. The average molecular weight is 296 g/mol. The van der Waals surface area contributed by atoms with E-state index < -0.39 is 0 Å². The van der Waals surface area contributed by atoms with Crippen molar-refractivity contribution in [2.24, 2.45) is 11.3 Å². The van der Waals surface area contributed by atoms with Gasteiger partial charge >= 0.3 is 0 Å². The van der Waals surface area contributed by atoms with E-state index in [4.69, 9.17) is 4.74 Å². The predicted molar refractivity (Wildman–Crippen MR) is 84.9 cm³/mol. The zero-order valence-corrected chi connectivity index (χ0v) is 14.2. The Kier molecular flexibility index (Phi) is 5.67. The summed E-state index contributed by atoms with van der Waals surface area (Å²) in [5, 5.41) is 3.58. The lowest BCUT2D eigenvalue weighted by molar-refractivity contribution is -0.133. The van der Waals surface area contributed by atoms with Gasteiger partial charge in [-0.25, -0.2) is 0 Å². The van der Waals surface area contributed by atoms with Crippen LogP contribution in [-0.2, 0) is 9.53 Å². The standard InChI is InChI=1S/C17H32N2O2/c1-5-6-15-18-14(11-13(2)3)16(20)19(15)12-17(4)7-9-21-10-8-17/h13-15,18H,5-12H2,1-4H3. The number of hydrogen-bond donors (Lipinski definition) is 1. The van der Waals surface area contributed by atoms with Gasteiger partial charge in [0.05, 0.1) is 12.2 Å². The summed E-state index contributed by atoms with van der Waals surface area (Å²) in [7, 11) is 0. The average Bonchev–Trinajstić information content (AvgIpc) is 2.68. The van der Waals surface area contributed by atoms with Crippen molar-refractivity contribution in [2.45, 2.75) is 72.0 Å². The summed E-state index contributed by atoms with van der Waals surface area (Å²) in [5.41, 5.74) is 0.217. The van der Waals surface area contributed by atoms with Gasteiger partial charge in [0.25, 0.3) is 0 Å². The minimum atomic E-state index is 0.0185. The van der Waals surface area contributed by atoms with E-state index in [1.54, 1.807) is 0 Å². The van der Waals surface area contributed by atoms with Crippen LogP contribution in [0.25, 0.3) is 0 Å². The number of amides is 1. The Morgan fingerprint density at radius 2 is 2.05 bits per heavy atom. The Balaban J connectivity index is 2.04. The monoisotopic (exact) mass is 296 g/mol. The van der Waals surface area contributed by atoms with Crippen molar-refractivity contribution in [3.05, 3.63) is 0 Å². The highest BCUT2D eigenvalue weighted by Gasteiger charge is 2.42. The molecule has 4 nitrogen and oxygen atoms in total. The molecule has 122 valence electrons. The van der Waals surface area contributed by atoms with Gasteiger partial charge in [-0.2, -0.15) is 0 Å². The van der Waals surface area contributed by atoms with Gasteiger partial charge in [0, 0.05) is 19.8 Å². The fourth-order valence-electron chi connectivity index (χ4n) is 3.52. The molecular weight excluding hydrogens is 264 g/mol. The molecule has 0 radical (unpaired) electrons. The molecule has 1 N–H and O–H groups in total. The molecule has 2 aliphatic heterocycles. The van der Waals surface area contributed by atoms with Gasteiger partial charge in [-0.15, -0.1) is 0 Å². The molecule has 0 aromatic rings. The molecule has 2 aliphatic rings. The van der Waals surface area contributed by atoms with Gasteiger partial charge in [0.15, 0.2) is 0 Å². The zero-order valence-electron chi connectivity index (χ0n) is 14.2. The van der Waals surface area contributed by atoms with Crippen LogP contribution in [0.1, 0.15) is 59.8 Å². The maximum absolute atomic E-state index is 12.8. The molecule has 0 aliphatic carbocycles. The van der Waals surface area contributed by atoms with Crippen molar-refractivity contribution in [3.63, 3.8) is 0 Å². The van der Waals surface area contributed by atoms with Crippen molar-refractivity contribution < 1.29 is 9.53 Å². The highest BCUT2D eigenvalue weighted by molar-refractivity contribution is 5.84. The summed E-state index contributed by atoms with van der Waals surface area (Å²) in [6, 6.07) is 0.0185. The third kappa shape index (κ3) is 4.19. The van der Waals surface area contributed by atoms with E-state index in [0.29, 0.717) is 11.8 Å². The minimum absolute atomic E-state index is 0.0185. The second-order valence-corrected chi connectivity index (χ2v) is 7.54. The van der Waals surface area contributed by atoms with E-state index in [0.717, 1.165) is 51.9 Å². The lowest BCUT2D eigenvalue weighted by atomic mass is 9.81. The molecule has 0 spiro atoms. The number of hydrogen-bond acceptors (Lipinski definition) is 3. The molecule has 2 unspecified atom stereocenters. The summed E-state index contributed by atoms with van der Waals surface area (Å²) in [5.74, 6) is 0.863. The van der Waals surface area contributed by atoms with Crippen LogP contribution in [0.5, 0.6) is 0 Å². The molecule has 21 heavy (non-hydrogen) atoms. The van der Waals surface area contributed by atoms with E-state index in [1.165, 1.54) is 0 Å². The van der Waals surface area contributed by atoms with Crippen LogP contribution in [-0.4, -0.2) is 42.8 Å². The van der Waals surface area contributed by atoms with Crippen molar-refractivity contribution in [3.8, 4) is 0 Å². The topological polar surface area (TPSA) is 41.6 Å². The van der Waals surface area contributed by atoms with Crippen molar-refractivity contribution in [2.75, 3.05) is 19.8 Å². The lowest BCUT2D eigenvalue weighted by Gasteiger charge is -2.38. The summed E-state index contributed by atoms with van der Waals surface area (Å²) in [6.45, 7) is 11.4. The smallest absolute Gasteiger partial charge is 0.241 e. The number of ether oxygens (including phenoxy) is 1. The first-order valence-electron chi connectivity index (χ1n) is 8.59. The Hall–Kier alpha value is -0.610. The molecule has 0 aromatic carbocycles. The molecule has 2 saturated heterocycles. The van der Waals surface area contributed by atoms with Gasteiger partial charge in [0.1, 0.15) is 0 Å². The van der Waals surface area contributed by atoms with Crippen LogP contribution in [0, 0.1) is 11.3 Å². The largest absolute Gasteiger partial charge is 0.381 e. The second kappa shape index (κ2) is 7.10. The summed E-state index contributed by atoms with van der Waals surface area (Å²) < 4.78 is 5.49. The van der Waals surface area contributed by atoms with Crippen LogP contribution in [0.4, 0.5) is 0 Å². The quantitative estimate of drug-likeness (QED) is 0.819. The second-order valence-electron chi connectivity index (χ2n) is 7.54. The fourth-order valence-corrected chi connectivity index (χ4v) is 3.52. The molecule has 0 bridgehead atoms. The van der Waals surface area contributed by atoms with Crippen LogP contribution in [0.3, 0.4) is 0 Å². The first-order valence-corrected chi connectivity index (χ1v) is 8.59. The van der Waals surface area contributed by atoms with Crippen LogP contribution < -0.4 is 5.32 Å². The Morgan fingerprint density at radius 1 is 1.38 bits per heavy atom. The Labute approximate surface area is 129 Å². The molecule has 1 amide bonds. The summed E-state index contributed by atoms with van der Waals surface area (Å²) in [4.78, 5) is 14.9. The molecule has 2 fully saturated rings. The van der Waals surface area contributed by atoms with Gasteiger partial charge < -0.3 is 9.64 Å². The minimum Gasteiger partial charge on any atom is -0.381 e. The van der Waals surface area contributed by atoms with Crippen molar-refractivity contribution >= 4 is 5.91 Å². The zero-order chi connectivity index (χ0) is 15.5. The number of nitrogens with one attached hydrogen (secondary N) is 1. The van der Waals surface area contributed by atoms with Gasteiger partial charge in [-0.3, -0.25) is 10.1 Å². The first kappa shape index (κ1) is 16.8. The third-order valence-electron chi connectivity index (χ3n) is 4.87. The van der Waals surface area contributed by atoms with Crippen molar-refractivity contribution in [1.29, 1.82) is 0 Å². The SMILES string of the molecule is CCCC1NC(CC(C)C)C(=O)N1CC1(C)CCOCC1. The van der Waals surface area contributed by atoms with E-state index in [1.807, 2.05) is 0 Å². The predicted octanol–water partition coefficient (Wildman–Crippen LogP) is 2.78. The normalized spacial score (nSPS) is 29.4. The van der Waals surface area contributed by atoms with E-state index in [2.05, 4.69) is 37.9 Å².